The summed E-state index contributed by atoms with van der Waals surface area (Å²) in [6, 6.07) is 7.19. The zero-order chi connectivity index (χ0) is 16.3. The normalized spacial score (nSPS) is 11.1. The molecule has 0 aliphatic rings. The lowest BCUT2D eigenvalue weighted by Gasteiger charge is -2.18. The van der Waals surface area contributed by atoms with Crippen LogP contribution in [0.3, 0.4) is 0 Å². The first-order chi connectivity index (χ1) is 10.3. The van der Waals surface area contributed by atoms with Crippen LogP contribution in [0.4, 0.5) is 4.79 Å². The summed E-state index contributed by atoms with van der Waals surface area (Å²) in [4.78, 5) is 12.0. The van der Waals surface area contributed by atoms with Gasteiger partial charge in [0.1, 0.15) is 5.60 Å². The van der Waals surface area contributed by atoms with Gasteiger partial charge < -0.3 is 14.2 Å². The molecular weight excluding hydrogens is 284 g/mol. The first-order valence-corrected chi connectivity index (χ1v) is 6.85. The molecule has 1 aromatic heterocycles. The molecule has 0 N–H and O–H groups in total. The fourth-order valence-corrected chi connectivity index (χ4v) is 1.88. The van der Waals surface area contributed by atoms with E-state index in [4.69, 9.17) is 14.2 Å². The van der Waals surface area contributed by atoms with Crippen molar-refractivity contribution >= 4 is 6.09 Å². The van der Waals surface area contributed by atoms with Crippen LogP contribution >= 0.6 is 0 Å². The molecule has 6 heteroatoms. The van der Waals surface area contributed by atoms with Crippen LogP contribution in [0.25, 0.3) is 11.3 Å². The van der Waals surface area contributed by atoms with Crippen molar-refractivity contribution in [3.05, 3.63) is 30.5 Å². The summed E-state index contributed by atoms with van der Waals surface area (Å²) in [5, 5.41) is 4.24. The highest BCUT2D eigenvalue weighted by Gasteiger charge is 2.19. The first-order valence-electron chi connectivity index (χ1n) is 6.85. The van der Waals surface area contributed by atoms with Crippen LogP contribution in [0.15, 0.2) is 30.5 Å². The zero-order valence-corrected chi connectivity index (χ0v) is 13.4. The highest BCUT2D eigenvalue weighted by Crippen LogP contribution is 2.31. The molecule has 0 fully saturated rings. The van der Waals surface area contributed by atoms with Crippen molar-refractivity contribution in [2.45, 2.75) is 26.4 Å². The number of methoxy groups -OCH3 is 2. The average molecular weight is 304 g/mol. The maximum absolute atomic E-state index is 12.0. The Morgan fingerprint density at radius 1 is 1.09 bits per heavy atom. The predicted molar refractivity (Wildman–Crippen MR) is 82.4 cm³/mol. The summed E-state index contributed by atoms with van der Waals surface area (Å²) in [6.07, 6.45) is 1.05. The van der Waals surface area contributed by atoms with Gasteiger partial charge in [0.2, 0.25) is 0 Å². The Kier molecular flexibility index (Phi) is 4.40. The van der Waals surface area contributed by atoms with E-state index < -0.39 is 11.7 Å². The van der Waals surface area contributed by atoms with E-state index in [2.05, 4.69) is 5.10 Å². The monoisotopic (exact) mass is 304 g/mol. The highest BCUT2D eigenvalue weighted by atomic mass is 16.6. The van der Waals surface area contributed by atoms with Crippen molar-refractivity contribution in [2.75, 3.05) is 14.2 Å². The molecule has 22 heavy (non-hydrogen) atoms. The second-order valence-corrected chi connectivity index (χ2v) is 5.70. The third-order valence-corrected chi connectivity index (χ3v) is 2.85. The number of rotatable bonds is 3. The van der Waals surface area contributed by atoms with Gasteiger partial charge in [0.25, 0.3) is 0 Å². The molecular formula is C16H20N2O4. The number of carbonyl (C=O) groups is 1. The number of hydrogen-bond acceptors (Lipinski definition) is 5. The summed E-state index contributed by atoms with van der Waals surface area (Å²) in [7, 11) is 3.15. The predicted octanol–water partition coefficient (Wildman–Crippen LogP) is 3.35. The fourth-order valence-electron chi connectivity index (χ4n) is 1.88. The number of carbonyl (C=O) groups excluding carboxylic acids is 1. The third kappa shape index (κ3) is 3.58. The minimum atomic E-state index is -0.563. The van der Waals surface area contributed by atoms with Gasteiger partial charge in [-0.1, -0.05) is 0 Å². The second-order valence-electron chi connectivity index (χ2n) is 5.70. The van der Waals surface area contributed by atoms with Crippen molar-refractivity contribution in [1.29, 1.82) is 0 Å². The van der Waals surface area contributed by atoms with Crippen LogP contribution < -0.4 is 9.47 Å². The lowest BCUT2D eigenvalue weighted by atomic mass is 10.1. The number of hydrogen-bond donors (Lipinski definition) is 0. The number of aromatic nitrogens is 2. The molecule has 0 aliphatic heterocycles. The lowest BCUT2D eigenvalue weighted by molar-refractivity contribution is 0.0515. The van der Waals surface area contributed by atoms with Gasteiger partial charge in [-0.15, -0.1) is 0 Å². The molecule has 2 rings (SSSR count). The molecule has 118 valence electrons. The number of ether oxygens (including phenoxy) is 3. The molecule has 0 saturated heterocycles. The van der Waals surface area contributed by atoms with E-state index in [9.17, 15) is 4.79 Å². The molecule has 0 atom stereocenters. The summed E-state index contributed by atoms with van der Waals surface area (Å²) in [6.45, 7) is 5.43. The standard InChI is InChI=1S/C16H20N2O4/c1-16(2,3)22-15(19)18-9-8-12(17-18)11-6-7-13(20-4)14(10-11)21-5/h6-10H,1-5H3. The molecule has 2 aromatic rings. The molecule has 0 spiro atoms. The summed E-state index contributed by atoms with van der Waals surface area (Å²) >= 11 is 0. The van der Waals surface area contributed by atoms with E-state index in [-0.39, 0.29) is 0 Å². The van der Waals surface area contributed by atoms with E-state index in [0.29, 0.717) is 17.2 Å². The lowest BCUT2D eigenvalue weighted by Crippen LogP contribution is -2.27. The fraction of sp³-hybridized carbons (Fsp3) is 0.375. The van der Waals surface area contributed by atoms with Crippen LogP contribution in [0.5, 0.6) is 11.5 Å². The van der Waals surface area contributed by atoms with Gasteiger partial charge in [-0.2, -0.15) is 9.78 Å². The Bertz CT molecular complexity index is 671. The first kappa shape index (κ1) is 15.9. The molecule has 1 heterocycles. The largest absolute Gasteiger partial charge is 0.493 e. The van der Waals surface area contributed by atoms with Crippen LogP contribution in [0.2, 0.25) is 0 Å². The molecule has 6 nitrogen and oxygen atoms in total. The molecule has 0 unspecified atom stereocenters. The van der Waals surface area contributed by atoms with Crippen molar-refractivity contribution in [1.82, 2.24) is 9.78 Å². The van der Waals surface area contributed by atoms with Crippen molar-refractivity contribution in [2.24, 2.45) is 0 Å². The molecule has 0 radical (unpaired) electrons. The maximum atomic E-state index is 12.0. The van der Waals surface area contributed by atoms with Crippen molar-refractivity contribution in [3.63, 3.8) is 0 Å². The SMILES string of the molecule is COc1ccc(-c2ccn(C(=O)OC(C)(C)C)n2)cc1OC. The van der Waals surface area contributed by atoms with Crippen molar-refractivity contribution in [3.8, 4) is 22.8 Å². The summed E-state index contributed by atoms with van der Waals surface area (Å²) in [5.74, 6) is 1.24. The second kappa shape index (κ2) is 6.09. The van der Waals surface area contributed by atoms with Gasteiger partial charge in [-0.3, -0.25) is 0 Å². The van der Waals surface area contributed by atoms with E-state index in [1.54, 1.807) is 38.6 Å². The van der Waals surface area contributed by atoms with Crippen molar-refractivity contribution < 1.29 is 19.0 Å². The van der Waals surface area contributed by atoms with Crippen LogP contribution in [0.1, 0.15) is 20.8 Å². The Morgan fingerprint density at radius 2 is 1.77 bits per heavy atom. The molecule has 0 amide bonds. The van der Waals surface area contributed by atoms with E-state index in [1.807, 2.05) is 26.8 Å². The summed E-state index contributed by atoms with van der Waals surface area (Å²) in [5.41, 5.74) is 0.902. The number of benzene rings is 1. The van der Waals surface area contributed by atoms with Crippen LogP contribution in [-0.2, 0) is 4.74 Å². The quantitative estimate of drug-likeness (QED) is 0.870. The van der Waals surface area contributed by atoms with Gasteiger partial charge in [0.15, 0.2) is 11.5 Å². The molecule has 0 saturated carbocycles. The van der Waals surface area contributed by atoms with E-state index in [0.717, 1.165) is 5.56 Å². The Hall–Kier alpha value is -2.50. The van der Waals surface area contributed by atoms with Gasteiger partial charge in [0, 0.05) is 11.8 Å². The minimum absolute atomic E-state index is 0.515. The Balaban J connectivity index is 2.26. The van der Waals surface area contributed by atoms with Gasteiger partial charge >= 0.3 is 6.09 Å². The number of nitrogens with zero attached hydrogens (tertiary/aromatic N) is 2. The molecule has 0 bridgehead atoms. The van der Waals surface area contributed by atoms with E-state index >= 15 is 0 Å². The van der Waals surface area contributed by atoms with Crippen LogP contribution in [0, 0.1) is 0 Å². The summed E-state index contributed by atoms with van der Waals surface area (Å²) < 4.78 is 16.9. The molecule has 1 aromatic carbocycles. The Labute approximate surface area is 129 Å². The topological polar surface area (TPSA) is 62.6 Å². The minimum Gasteiger partial charge on any atom is -0.493 e. The van der Waals surface area contributed by atoms with Crippen LogP contribution in [-0.4, -0.2) is 35.7 Å². The Morgan fingerprint density at radius 3 is 2.36 bits per heavy atom. The third-order valence-electron chi connectivity index (χ3n) is 2.85. The highest BCUT2D eigenvalue weighted by molar-refractivity contribution is 5.72. The zero-order valence-electron chi connectivity index (χ0n) is 13.4. The maximum Gasteiger partial charge on any atom is 0.435 e. The smallest absolute Gasteiger partial charge is 0.435 e. The van der Waals surface area contributed by atoms with Gasteiger partial charge in [0.05, 0.1) is 19.9 Å². The average Bonchev–Trinajstić information content (AvgIpc) is 2.94. The van der Waals surface area contributed by atoms with E-state index in [1.165, 1.54) is 4.68 Å². The van der Waals surface area contributed by atoms with Gasteiger partial charge in [-0.25, -0.2) is 4.79 Å². The molecule has 0 aliphatic carbocycles. The van der Waals surface area contributed by atoms with Gasteiger partial charge in [-0.05, 0) is 45.0 Å².